The minimum atomic E-state index is -4.53. The molecule has 0 aliphatic heterocycles. The number of halogens is 4. The number of alkyl halides is 3. The highest BCUT2D eigenvalue weighted by molar-refractivity contribution is 5.82. The quantitative estimate of drug-likeness (QED) is 0.833. The van der Waals surface area contributed by atoms with Crippen molar-refractivity contribution in [1.82, 2.24) is 5.32 Å². The standard InChI is InChI=1S/C12H11F4NO2/c13-9-3-1-2-8-7(9)4-5-11(8,10(18)19)17-6-12(14,15)16/h1-3,17H,4-6H2,(H,18,19). The second-order valence-electron chi connectivity index (χ2n) is 4.45. The first kappa shape index (κ1) is 13.8. The topological polar surface area (TPSA) is 49.3 Å². The molecule has 2 N–H and O–H groups in total. The van der Waals surface area contributed by atoms with Crippen molar-refractivity contribution in [3.63, 3.8) is 0 Å². The fraction of sp³-hybridized carbons (Fsp3) is 0.417. The second kappa shape index (κ2) is 4.48. The molecule has 0 spiro atoms. The van der Waals surface area contributed by atoms with Gasteiger partial charge in [0.25, 0.3) is 0 Å². The lowest BCUT2D eigenvalue weighted by atomic mass is 9.91. The molecule has 104 valence electrons. The third-order valence-corrected chi connectivity index (χ3v) is 3.28. The van der Waals surface area contributed by atoms with Crippen molar-refractivity contribution in [1.29, 1.82) is 0 Å². The van der Waals surface area contributed by atoms with Gasteiger partial charge in [0.05, 0.1) is 6.54 Å². The molecule has 1 aliphatic rings. The van der Waals surface area contributed by atoms with Crippen molar-refractivity contribution >= 4 is 5.97 Å². The van der Waals surface area contributed by atoms with E-state index in [0.29, 0.717) is 0 Å². The van der Waals surface area contributed by atoms with Gasteiger partial charge in [-0.15, -0.1) is 0 Å². The van der Waals surface area contributed by atoms with Crippen LogP contribution in [0.4, 0.5) is 17.6 Å². The summed E-state index contributed by atoms with van der Waals surface area (Å²) in [5.41, 5.74) is -1.63. The van der Waals surface area contributed by atoms with Gasteiger partial charge in [-0.1, -0.05) is 12.1 Å². The van der Waals surface area contributed by atoms with Gasteiger partial charge in [0.2, 0.25) is 0 Å². The molecule has 1 unspecified atom stereocenters. The molecule has 0 radical (unpaired) electrons. The molecule has 19 heavy (non-hydrogen) atoms. The minimum Gasteiger partial charge on any atom is -0.480 e. The van der Waals surface area contributed by atoms with Crippen molar-refractivity contribution in [2.45, 2.75) is 24.6 Å². The van der Waals surface area contributed by atoms with Gasteiger partial charge in [-0.2, -0.15) is 13.2 Å². The van der Waals surface area contributed by atoms with Crippen LogP contribution in [0, 0.1) is 5.82 Å². The summed E-state index contributed by atoms with van der Waals surface area (Å²) in [6, 6.07) is 3.82. The van der Waals surface area contributed by atoms with Crippen molar-refractivity contribution in [3.05, 3.63) is 35.1 Å². The molecule has 0 aromatic heterocycles. The molecule has 1 aromatic rings. The summed E-state index contributed by atoms with van der Waals surface area (Å²) < 4.78 is 50.3. The van der Waals surface area contributed by atoms with E-state index in [1.54, 1.807) is 0 Å². The Morgan fingerprint density at radius 1 is 1.42 bits per heavy atom. The van der Waals surface area contributed by atoms with Gasteiger partial charge in [-0.25, -0.2) is 9.18 Å². The Morgan fingerprint density at radius 3 is 2.68 bits per heavy atom. The first-order chi connectivity index (χ1) is 8.76. The number of benzene rings is 1. The lowest BCUT2D eigenvalue weighted by molar-refractivity contribution is -0.150. The zero-order valence-corrected chi connectivity index (χ0v) is 9.72. The van der Waals surface area contributed by atoms with Crippen LogP contribution in [-0.2, 0) is 16.8 Å². The molecule has 0 fully saturated rings. The molecule has 1 atom stereocenters. The van der Waals surface area contributed by atoms with E-state index in [9.17, 15) is 27.5 Å². The maximum absolute atomic E-state index is 13.5. The number of carbonyl (C=O) groups is 1. The monoisotopic (exact) mass is 277 g/mol. The summed E-state index contributed by atoms with van der Waals surface area (Å²) in [5, 5.41) is 11.3. The van der Waals surface area contributed by atoms with Crippen LogP contribution in [0.5, 0.6) is 0 Å². The maximum Gasteiger partial charge on any atom is 0.401 e. The van der Waals surface area contributed by atoms with Gasteiger partial charge in [0.1, 0.15) is 11.4 Å². The number of hydrogen-bond donors (Lipinski definition) is 2. The maximum atomic E-state index is 13.5. The van der Waals surface area contributed by atoms with Gasteiger partial charge in [0.15, 0.2) is 0 Å². The summed E-state index contributed by atoms with van der Waals surface area (Å²) >= 11 is 0. The Balaban J connectivity index is 2.40. The van der Waals surface area contributed by atoms with E-state index in [1.807, 2.05) is 5.32 Å². The van der Waals surface area contributed by atoms with Crippen LogP contribution < -0.4 is 5.32 Å². The molecule has 0 bridgehead atoms. The van der Waals surface area contributed by atoms with E-state index in [0.717, 1.165) is 0 Å². The molecule has 3 nitrogen and oxygen atoms in total. The van der Waals surface area contributed by atoms with Crippen molar-refractivity contribution in [2.24, 2.45) is 0 Å². The molecular formula is C12H11F4NO2. The van der Waals surface area contributed by atoms with Gasteiger partial charge in [0, 0.05) is 0 Å². The highest BCUT2D eigenvalue weighted by Gasteiger charge is 2.48. The summed E-state index contributed by atoms with van der Waals surface area (Å²) in [6.45, 7) is -1.44. The van der Waals surface area contributed by atoms with E-state index >= 15 is 0 Å². The number of hydrogen-bond acceptors (Lipinski definition) is 2. The van der Waals surface area contributed by atoms with Crippen LogP contribution in [0.25, 0.3) is 0 Å². The molecule has 0 heterocycles. The number of carboxylic acids is 1. The molecule has 2 rings (SSSR count). The third kappa shape index (κ3) is 2.42. The van der Waals surface area contributed by atoms with Crippen LogP contribution in [0.15, 0.2) is 18.2 Å². The van der Waals surface area contributed by atoms with Crippen LogP contribution in [0.2, 0.25) is 0 Å². The number of nitrogens with one attached hydrogen (secondary N) is 1. The Kier molecular flexibility index (Phi) is 3.25. The fourth-order valence-corrected chi connectivity index (χ4v) is 2.39. The lowest BCUT2D eigenvalue weighted by Gasteiger charge is -2.27. The molecule has 1 aromatic carbocycles. The van der Waals surface area contributed by atoms with E-state index < -0.39 is 30.0 Å². The average Bonchev–Trinajstić information content (AvgIpc) is 2.67. The Bertz CT molecular complexity index is 515. The minimum absolute atomic E-state index is 0.0734. The van der Waals surface area contributed by atoms with E-state index in [1.165, 1.54) is 18.2 Å². The third-order valence-electron chi connectivity index (χ3n) is 3.28. The predicted molar refractivity (Wildman–Crippen MR) is 58.1 cm³/mol. The van der Waals surface area contributed by atoms with E-state index in [-0.39, 0.29) is 24.0 Å². The molecule has 0 amide bonds. The highest BCUT2D eigenvalue weighted by atomic mass is 19.4. The summed E-state index contributed by atoms with van der Waals surface area (Å²) in [6.07, 6.45) is -4.54. The van der Waals surface area contributed by atoms with Gasteiger partial charge in [-0.05, 0) is 30.0 Å². The molecule has 0 saturated carbocycles. The Hall–Kier alpha value is -1.63. The van der Waals surface area contributed by atoms with Crippen LogP contribution in [0.3, 0.4) is 0 Å². The summed E-state index contributed by atoms with van der Waals surface area (Å²) in [5.74, 6) is -2.02. The summed E-state index contributed by atoms with van der Waals surface area (Å²) in [7, 11) is 0. The number of fused-ring (bicyclic) bond motifs is 1. The fourth-order valence-electron chi connectivity index (χ4n) is 2.39. The van der Waals surface area contributed by atoms with E-state index in [4.69, 9.17) is 0 Å². The zero-order valence-electron chi connectivity index (χ0n) is 9.72. The van der Waals surface area contributed by atoms with Crippen LogP contribution in [0.1, 0.15) is 17.5 Å². The molecular weight excluding hydrogens is 266 g/mol. The highest BCUT2D eigenvalue weighted by Crippen LogP contribution is 2.38. The van der Waals surface area contributed by atoms with Crippen molar-refractivity contribution < 1.29 is 27.5 Å². The zero-order chi connectivity index (χ0) is 14.3. The summed E-state index contributed by atoms with van der Waals surface area (Å²) in [4.78, 5) is 11.4. The first-order valence-electron chi connectivity index (χ1n) is 5.59. The second-order valence-corrected chi connectivity index (χ2v) is 4.45. The molecule has 1 aliphatic carbocycles. The predicted octanol–water partition coefficient (Wildman–Crippen LogP) is 2.20. The smallest absolute Gasteiger partial charge is 0.401 e. The van der Waals surface area contributed by atoms with Crippen LogP contribution in [-0.4, -0.2) is 23.8 Å². The Morgan fingerprint density at radius 2 is 2.11 bits per heavy atom. The average molecular weight is 277 g/mol. The lowest BCUT2D eigenvalue weighted by Crippen LogP contribution is -2.50. The van der Waals surface area contributed by atoms with Crippen molar-refractivity contribution in [3.8, 4) is 0 Å². The number of aliphatic carboxylic acids is 1. The van der Waals surface area contributed by atoms with Gasteiger partial charge < -0.3 is 5.11 Å². The SMILES string of the molecule is O=C(O)C1(NCC(F)(F)F)CCc2c(F)cccc21. The Labute approximate surface area is 106 Å². The molecule has 0 saturated heterocycles. The van der Waals surface area contributed by atoms with Crippen LogP contribution >= 0.6 is 0 Å². The van der Waals surface area contributed by atoms with E-state index in [2.05, 4.69) is 0 Å². The first-order valence-corrected chi connectivity index (χ1v) is 5.59. The van der Waals surface area contributed by atoms with Gasteiger partial charge >= 0.3 is 12.1 Å². The normalized spacial score (nSPS) is 22.3. The van der Waals surface area contributed by atoms with Gasteiger partial charge in [-0.3, -0.25) is 5.32 Å². The number of carboxylic acid groups (broad SMARTS) is 1. The molecule has 7 heteroatoms. The number of rotatable bonds is 3. The largest absolute Gasteiger partial charge is 0.480 e. The van der Waals surface area contributed by atoms with Crippen molar-refractivity contribution in [2.75, 3.05) is 6.54 Å².